The molecule has 1 rings (SSSR count). The quantitative estimate of drug-likeness (QED) is 0.838. The molecule has 1 heterocycles. The second-order valence-corrected chi connectivity index (χ2v) is 10.7. The van der Waals surface area contributed by atoms with Crippen LogP contribution in [-0.2, 0) is 4.43 Å². The lowest BCUT2D eigenvalue weighted by molar-refractivity contribution is 0.100. The third kappa shape index (κ3) is 3.91. The van der Waals surface area contributed by atoms with Gasteiger partial charge in [-0.2, -0.15) is 0 Å². The molecule has 0 saturated heterocycles. The predicted octanol–water partition coefficient (Wildman–Crippen LogP) is 3.14. The summed E-state index contributed by atoms with van der Waals surface area (Å²) in [6.45, 7) is 11.3. The topological polar surface area (TPSA) is 42.4 Å². The predicted molar refractivity (Wildman–Crippen MR) is 72.3 cm³/mol. The Morgan fingerprint density at radius 3 is 2.29 bits per heavy atom. The molecule has 0 aliphatic rings. The smallest absolute Gasteiger partial charge is 0.192 e. The van der Waals surface area contributed by atoms with Crippen LogP contribution < -0.4 is 0 Å². The van der Waals surface area contributed by atoms with Crippen LogP contribution in [0.15, 0.2) is 24.5 Å². The van der Waals surface area contributed by atoms with Crippen LogP contribution in [0.5, 0.6) is 0 Å². The number of rotatable bonds is 4. The van der Waals surface area contributed by atoms with Gasteiger partial charge in [-0.25, -0.2) is 0 Å². The highest BCUT2D eigenvalue weighted by Gasteiger charge is 2.37. The molecule has 0 amide bonds. The summed E-state index contributed by atoms with van der Waals surface area (Å²) in [7, 11) is -1.78. The summed E-state index contributed by atoms with van der Waals surface area (Å²) in [5.74, 6) is 0. The zero-order valence-corrected chi connectivity index (χ0v) is 12.4. The van der Waals surface area contributed by atoms with Gasteiger partial charge in [-0.05, 0) is 35.8 Å². The van der Waals surface area contributed by atoms with Gasteiger partial charge in [0.1, 0.15) is 6.10 Å². The Hall–Kier alpha value is -0.713. The summed E-state index contributed by atoms with van der Waals surface area (Å²) in [4.78, 5) is 3.93. The van der Waals surface area contributed by atoms with Crippen LogP contribution in [0.2, 0.25) is 18.1 Å². The Bertz CT molecular complexity index is 346. The number of nitrogens with zero attached hydrogens (tertiary/aromatic N) is 1. The van der Waals surface area contributed by atoms with Crippen molar-refractivity contribution in [1.29, 1.82) is 0 Å². The van der Waals surface area contributed by atoms with Crippen molar-refractivity contribution in [3.8, 4) is 0 Å². The highest BCUT2D eigenvalue weighted by atomic mass is 28.4. The van der Waals surface area contributed by atoms with Gasteiger partial charge >= 0.3 is 0 Å². The van der Waals surface area contributed by atoms with Crippen LogP contribution in [0.25, 0.3) is 0 Å². The van der Waals surface area contributed by atoms with Crippen molar-refractivity contribution in [2.24, 2.45) is 0 Å². The molecule has 0 aliphatic heterocycles. The minimum absolute atomic E-state index is 0.172. The van der Waals surface area contributed by atoms with Crippen molar-refractivity contribution < 1.29 is 9.53 Å². The van der Waals surface area contributed by atoms with E-state index in [4.69, 9.17) is 4.43 Å². The molecule has 0 saturated carbocycles. The lowest BCUT2D eigenvalue weighted by atomic mass is 10.2. The van der Waals surface area contributed by atoms with E-state index in [9.17, 15) is 5.11 Å². The molecule has 0 fully saturated rings. The van der Waals surface area contributed by atoms with E-state index in [0.717, 1.165) is 5.56 Å². The largest absolute Gasteiger partial charge is 0.414 e. The Labute approximate surface area is 105 Å². The minimum Gasteiger partial charge on any atom is -0.414 e. The summed E-state index contributed by atoms with van der Waals surface area (Å²) in [6, 6.07) is 3.64. The fraction of sp³-hybridized carbons (Fsp3) is 0.615. The zero-order valence-electron chi connectivity index (χ0n) is 11.4. The van der Waals surface area contributed by atoms with Gasteiger partial charge in [-0.1, -0.05) is 20.8 Å². The molecule has 0 bridgehead atoms. The number of hydrogen-bond acceptors (Lipinski definition) is 3. The monoisotopic (exact) mass is 253 g/mol. The summed E-state index contributed by atoms with van der Waals surface area (Å²) < 4.78 is 5.98. The first-order chi connectivity index (χ1) is 7.74. The zero-order chi connectivity index (χ0) is 13.1. The van der Waals surface area contributed by atoms with Crippen LogP contribution in [0, 0.1) is 0 Å². The van der Waals surface area contributed by atoms with Crippen molar-refractivity contribution in [2.75, 3.05) is 6.61 Å². The van der Waals surface area contributed by atoms with E-state index < -0.39 is 14.4 Å². The number of hydrogen-bond donors (Lipinski definition) is 1. The molecule has 3 nitrogen and oxygen atoms in total. The molecule has 0 radical (unpaired) electrons. The number of aliphatic hydroxyl groups is 1. The molecule has 96 valence electrons. The fourth-order valence-corrected chi connectivity index (χ4v) is 2.19. The second kappa shape index (κ2) is 5.29. The van der Waals surface area contributed by atoms with Crippen LogP contribution in [-0.4, -0.2) is 25.0 Å². The second-order valence-electron chi connectivity index (χ2n) is 5.87. The molecule has 1 aromatic rings. The van der Waals surface area contributed by atoms with Gasteiger partial charge < -0.3 is 9.53 Å². The van der Waals surface area contributed by atoms with Gasteiger partial charge in [-0.3, -0.25) is 4.98 Å². The molecule has 4 heteroatoms. The van der Waals surface area contributed by atoms with Gasteiger partial charge in [-0.15, -0.1) is 0 Å². The van der Waals surface area contributed by atoms with E-state index in [1.165, 1.54) is 0 Å². The maximum Gasteiger partial charge on any atom is 0.192 e. The van der Waals surface area contributed by atoms with E-state index in [-0.39, 0.29) is 5.04 Å². The minimum atomic E-state index is -1.78. The maximum absolute atomic E-state index is 10.0. The van der Waals surface area contributed by atoms with Crippen molar-refractivity contribution in [3.63, 3.8) is 0 Å². The van der Waals surface area contributed by atoms with Gasteiger partial charge in [0.2, 0.25) is 0 Å². The van der Waals surface area contributed by atoms with Gasteiger partial charge in [0.25, 0.3) is 0 Å². The first-order valence-electron chi connectivity index (χ1n) is 5.96. The Morgan fingerprint density at radius 2 is 1.82 bits per heavy atom. The summed E-state index contributed by atoms with van der Waals surface area (Å²) in [5.41, 5.74) is 0.860. The van der Waals surface area contributed by atoms with Gasteiger partial charge in [0.15, 0.2) is 8.32 Å². The highest BCUT2D eigenvalue weighted by molar-refractivity contribution is 6.74. The van der Waals surface area contributed by atoms with Gasteiger partial charge in [0.05, 0.1) is 6.61 Å². The van der Waals surface area contributed by atoms with Crippen LogP contribution in [0.4, 0.5) is 0 Å². The highest BCUT2D eigenvalue weighted by Crippen LogP contribution is 2.37. The van der Waals surface area contributed by atoms with Crippen molar-refractivity contribution in [2.45, 2.75) is 45.0 Å². The van der Waals surface area contributed by atoms with E-state index in [2.05, 4.69) is 38.8 Å². The summed E-state index contributed by atoms with van der Waals surface area (Å²) >= 11 is 0. The normalized spacial score (nSPS) is 14.7. The molecule has 1 atom stereocenters. The number of pyridine rings is 1. The van der Waals surface area contributed by atoms with E-state index in [0.29, 0.717) is 6.61 Å². The average Bonchev–Trinajstić information content (AvgIpc) is 2.25. The van der Waals surface area contributed by atoms with Crippen LogP contribution in [0.3, 0.4) is 0 Å². The standard InChI is InChI=1S/C13H23NO2Si/c1-13(2,3)17(4,5)16-10-12(15)11-6-8-14-9-7-11/h6-9,12,15H,10H2,1-5H3/t12-/m0/s1. The van der Waals surface area contributed by atoms with Crippen LogP contribution in [0.1, 0.15) is 32.4 Å². The molecule has 0 unspecified atom stereocenters. The lowest BCUT2D eigenvalue weighted by Gasteiger charge is -2.36. The van der Waals surface area contributed by atoms with E-state index >= 15 is 0 Å². The molecule has 0 aliphatic carbocycles. The Morgan fingerprint density at radius 1 is 1.29 bits per heavy atom. The number of aliphatic hydroxyl groups excluding tert-OH is 1. The third-order valence-corrected chi connectivity index (χ3v) is 8.00. The molecule has 1 N–H and O–H groups in total. The molecule has 0 spiro atoms. The summed E-state index contributed by atoms with van der Waals surface area (Å²) in [5, 5.41) is 10.2. The summed E-state index contributed by atoms with van der Waals surface area (Å²) in [6.07, 6.45) is 2.81. The van der Waals surface area contributed by atoms with E-state index in [1.807, 2.05) is 12.1 Å². The van der Waals surface area contributed by atoms with Crippen molar-refractivity contribution in [1.82, 2.24) is 4.98 Å². The fourth-order valence-electron chi connectivity index (χ4n) is 1.19. The van der Waals surface area contributed by atoms with Crippen molar-refractivity contribution in [3.05, 3.63) is 30.1 Å². The van der Waals surface area contributed by atoms with Crippen LogP contribution >= 0.6 is 0 Å². The first-order valence-corrected chi connectivity index (χ1v) is 8.87. The molecule has 0 aromatic carbocycles. The molecule has 17 heavy (non-hydrogen) atoms. The molecule has 1 aromatic heterocycles. The molecular formula is C13H23NO2Si. The van der Waals surface area contributed by atoms with Gasteiger partial charge in [0, 0.05) is 12.4 Å². The SMILES string of the molecule is CC(C)(C)[Si](C)(C)OC[C@H](O)c1ccncc1. The van der Waals surface area contributed by atoms with Crippen molar-refractivity contribution >= 4 is 8.32 Å². The Kier molecular flexibility index (Phi) is 4.46. The Balaban J connectivity index is 2.58. The molecular weight excluding hydrogens is 230 g/mol. The average molecular weight is 253 g/mol. The lowest BCUT2D eigenvalue weighted by Crippen LogP contribution is -2.41. The number of aromatic nitrogens is 1. The van der Waals surface area contributed by atoms with E-state index in [1.54, 1.807) is 12.4 Å². The first kappa shape index (κ1) is 14.3. The third-order valence-electron chi connectivity index (χ3n) is 3.50. The maximum atomic E-state index is 10.0.